The SMILES string of the molecule is CC(CCC(=O)NCC(C)C(=O)O)CNC(=O)OCC1c2ccccc2-c2ccccc21. The summed E-state index contributed by atoms with van der Waals surface area (Å²) in [6.45, 7) is 4.26. The van der Waals surface area contributed by atoms with Crippen molar-refractivity contribution < 1.29 is 24.2 Å². The van der Waals surface area contributed by atoms with Gasteiger partial charge in [-0.15, -0.1) is 0 Å². The highest BCUT2D eigenvalue weighted by Gasteiger charge is 2.29. The first-order valence-corrected chi connectivity index (χ1v) is 10.9. The summed E-state index contributed by atoms with van der Waals surface area (Å²) in [6.07, 6.45) is 0.384. The number of carboxylic acid groups (broad SMARTS) is 1. The molecule has 32 heavy (non-hydrogen) atoms. The van der Waals surface area contributed by atoms with Crippen molar-refractivity contribution in [3.63, 3.8) is 0 Å². The largest absolute Gasteiger partial charge is 0.481 e. The van der Waals surface area contributed by atoms with Crippen molar-refractivity contribution in [3.8, 4) is 11.1 Å². The number of rotatable bonds is 10. The zero-order chi connectivity index (χ0) is 23.1. The summed E-state index contributed by atoms with van der Waals surface area (Å²) in [6, 6.07) is 16.4. The van der Waals surface area contributed by atoms with Crippen LogP contribution in [0.2, 0.25) is 0 Å². The molecule has 2 amide bonds. The maximum Gasteiger partial charge on any atom is 0.407 e. The molecule has 1 aliphatic rings. The van der Waals surface area contributed by atoms with E-state index in [1.54, 1.807) is 6.92 Å². The Morgan fingerprint density at radius 3 is 2.12 bits per heavy atom. The van der Waals surface area contributed by atoms with Crippen LogP contribution in [0.3, 0.4) is 0 Å². The van der Waals surface area contributed by atoms with Crippen molar-refractivity contribution in [2.75, 3.05) is 19.7 Å². The second kappa shape index (κ2) is 10.8. The molecule has 0 heterocycles. The number of carboxylic acids is 1. The average Bonchev–Trinajstić information content (AvgIpc) is 3.12. The molecule has 2 unspecified atom stereocenters. The fourth-order valence-electron chi connectivity index (χ4n) is 3.83. The van der Waals surface area contributed by atoms with Gasteiger partial charge in [0, 0.05) is 25.4 Å². The van der Waals surface area contributed by atoms with Gasteiger partial charge in [-0.2, -0.15) is 0 Å². The Kier molecular flexibility index (Phi) is 7.87. The molecule has 0 radical (unpaired) electrons. The molecule has 0 bridgehead atoms. The van der Waals surface area contributed by atoms with E-state index >= 15 is 0 Å². The van der Waals surface area contributed by atoms with Crippen molar-refractivity contribution in [1.82, 2.24) is 10.6 Å². The Hall–Kier alpha value is -3.35. The van der Waals surface area contributed by atoms with Gasteiger partial charge >= 0.3 is 12.1 Å². The van der Waals surface area contributed by atoms with Crippen LogP contribution in [-0.4, -0.2) is 42.8 Å². The molecule has 1 aliphatic carbocycles. The predicted molar refractivity (Wildman–Crippen MR) is 121 cm³/mol. The van der Waals surface area contributed by atoms with Crippen molar-refractivity contribution in [2.45, 2.75) is 32.6 Å². The first-order valence-electron chi connectivity index (χ1n) is 10.9. The molecule has 0 saturated carbocycles. The summed E-state index contributed by atoms with van der Waals surface area (Å²) in [5, 5.41) is 14.2. The molecule has 0 spiro atoms. The fourth-order valence-corrected chi connectivity index (χ4v) is 3.83. The van der Waals surface area contributed by atoms with Gasteiger partial charge in [0.2, 0.25) is 5.91 Å². The third kappa shape index (κ3) is 5.87. The minimum atomic E-state index is -0.939. The molecule has 3 rings (SSSR count). The van der Waals surface area contributed by atoms with Crippen molar-refractivity contribution in [3.05, 3.63) is 59.7 Å². The number of aliphatic carboxylic acids is 1. The summed E-state index contributed by atoms with van der Waals surface area (Å²) >= 11 is 0. The van der Waals surface area contributed by atoms with Crippen LogP contribution in [0.25, 0.3) is 11.1 Å². The van der Waals surface area contributed by atoms with E-state index in [9.17, 15) is 14.4 Å². The number of nitrogens with one attached hydrogen (secondary N) is 2. The van der Waals surface area contributed by atoms with E-state index in [0.717, 1.165) is 11.1 Å². The number of amides is 2. The van der Waals surface area contributed by atoms with Gasteiger partial charge in [-0.3, -0.25) is 9.59 Å². The second-order valence-corrected chi connectivity index (χ2v) is 8.39. The summed E-state index contributed by atoms with van der Waals surface area (Å²) < 4.78 is 5.52. The van der Waals surface area contributed by atoms with E-state index in [2.05, 4.69) is 34.9 Å². The number of hydrogen-bond donors (Lipinski definition) is 3. The van der Waals surface area contributed by atoms with Crippen LogP contribution < -0.4 is 10.6 Å². The van der Waals surface area contributed by atoms with Crippen LogP contribution in [0, 0.1) is 11.8 Å². The lowest BCUT2D eigenvalue weighted by molar-refractivity contribution is -0.141. The van der Waals surface area contributed by atoms with E-state index < -0.39 is 18.0 Å². The van der Waals surface area contributed by atoms with Crippen molar-refractivity contribution in [1.29, 1.82) is 0 Å². The second-order valence-electron chi connectivity index (χ2n) is 8.39. The van der Waals surface area contributed by atoms with Crippen LogP contribution in [-0.2, 0) is 14.3 Å². The van der Waals surface area contributed by atoms with E-state index in [-0.39, 0.29) is 37.3 Å². The number of fused-ring (bicyclic) bond motifs is 3. The molecular formula is C25H30N2O5. The van der Waals surface area contributed by atoms with Crippen LogP contribution >= 0.6 is 0 Å². The molecule has 0 saturated heterocycles. The molecule has 7 nitrogen and oxygen atoms in total. The molecule has 0 aromatic heterocycles. The van der Waals surface area contributed by atoms with Gasteiger partial charge in [0.1, 0.15) is 6.61 Å². The van der Waals surface area contributed by atoms with E-state index in [1.165, 1.54) is 11.1 Å². The maximum atomic E-state index is 12.2. The summed E-state index contributed by atoms with van der Waals surface area (Å²) in [5.41, 5.74) is 4.69. The van der Waals surface area contributed by atoms with Crippen LogP contribution in [0.1, 0.15) is 43.7 Å². The van der Waals surface area contributed by atoms with Crippen molar-refractivity contribution in [2.24, 2.45) is 11.8 Å². The number of benzene rings is 2. The van der Waals surface area contributed by atoms with Crippen molar-refractivity contribution >= 4 is 18.0 Å². The van der Waals surface area contributed by atoms with Gasteiger partial charge in [-0.05, 0) is 34.6 Å². The first-order chi connectivity index (χ1) is 15.4. The molecule has 0 fully saturated rings. The maximum absolute atomic E-state index is 12.2. The molecule has 3 N–H and O–H groups in total. The van der Waals surface area contributed by atoms with Gasteiger partial charge in [-0.25, -0.2) is 4.79 Å². The minimum absolute atomic E-state index is 0.0162. The van der Waals surface area contributed by atoms with E-state index in [4.69, 9.17) is 9.84 Å². The first kappa shape index (κ1) is 23.3. The fraction of sp³-hybridized carbons (Fsp3) is 0.400. The van der Waals surface area contributed by atoms with Gasteiger partial charge in [0.15, 0.2) is 0 Å². The number of ether oxygens (including phenoxy) is 1. The Morgan fingerprint density at radius 2 is 1.53 bits per heavy atom. The Labute approximate surface area is 188 Å². The molecule has 7 heteroatoms. The zero-order valence-electron chi connectivity index (χ0n) is 18.5. The highest BCUT2D eigenvalue weighted by atomic mass is 16.5. The Morgan fingerprint density at radius 1 is 0.938 bits per heavy atom. The van der Waals surface area contributed by atoms with Crippen LogP contribution in [0.5, 0.6) is 0 Å². The highest BCUT2D eigenvalue weighted by Crippen LogP contribution is 2.44. The van der Waals surface area contributed by atoms with E-state index in [1.807, 2.05) is 31.2 Å². The Balaban J connectivity index is 1.40. The summed E-state index contributed by atoms with van der Waals surface area (Å²) in [5.74, 6) is -1.65. The monoisotopic (exact) mass is 438 g/mol. The third-order valence-corrected chi connectivity index (χ3v) is 5.83. The molecule has 170 valence electrons. The molecule has 2 aromatic carbocycles. The highest BCUT2D eigenvalue weighted by molar-refractivity contribution is 5.79. The predicted octanol–water partition coefficient (Wildman–Crippen LogP) is 3.78. The standard InChI is InChI=1S/C25H30N2O5/c1-16(11-12-23(28)26-14-17(2)24(29)30)13-27-25(31)32-15-22-20-9-5-3-7-18(20)19-8-4-6-10-21(19)22/h3-10,16-17,22H,11-15H2,1-2H3,(H,26,28)(H,27,31)(H,29,30). The lowest BCUT2D eigenvalue weighted by Crippen LogP contribution is -2.33. The van der Waals surface area contributed by atoms with Crippen LogP contribution in [0.15, 0.2) is 48.5 Å². The Bertz CT molecular complexity index is 929. The summed E-state index contributed by atoms with van der Waals surface area (Å²) in [7, 11) is 0. The third-order valence-electron chi connectivity index (χ3n) is 5.83. The zero-order valence-corrected chi connectivity index (χ0v) is 18.5. The lowest BCUT2D eigenvalue weighted by Gasteiger charge is -2.16. The number of hydrogen-bond acceptors (Lipinski definition) is 4. The summed E-state index contributed by atoms with van der Waals surface area (Å²) in [4.78, 5) is 34.9. The minimum Gasteiger partial charge on any atom is -0.481 e. The molecule has 0 aliphatic heterocycles. The number of carbonyl (C=O) groups is 3. The van der Waals surface area contributed by atoms with Gasteiger partial charge in [0.25, 0.3) is 0 Å². The molecule has 2 aromatic rings. The number of alkyl carbamates (subject to hydrolysis) is 1. The quantitative estimate of drug-likeness (QED) is 0.524. The topological polar surface area (TPSA) is 105 Å². The average molecular weight is 439 g/mol. The van der Waals surface area contributed by atoms with Gasteiger partial charge < -0.3 is 20.5 Å². The van der Waals surface area contributed by atoms with E-state index in [0.29, 0.717) is 13.0 Å². The normalized spacial score (nSPS) is 14.1. The molecular weight excluding hydrogens is 408 g/mol. The molecule has 2 atom stereocenters. The van der Waals surface area contributed by atoms with Gasteiger partial charge in [-0.1, -0.05) is 62.4 Å². The van der Waals surface area contributed by atoms with Gasteiger partial charge in [0.05, 0.1) is 5.92 Å². The smallest absolute Gasteiger partial charge is 0.407 e. The number of carbonyl (C=O) groups excluding carboxylic acids is 2. The van der Waals surface area contributed by atoms with Crippen LogP contribution in [0.4, 0.5) is 4.79 Å². The lowest BCUT2D eigenvalue weighted by atomic mass is 9.98.